The van der Waals surface area contributed by atoms with E-state index in [1.807, 2.05) is 38.1 Å². The molecule has 0 radical (unpaired) electrons. The summed E-state index contributed by atoms with van der Waals surface area (Å²) in [5.74, 6) is 0.307. The van der Waals surface area contributed by atoms with Gasteiger partial charge in [-0.1, -0.05) is 31.9 Å². The summed E-state index contributed by atoms with van der Waals surface area (Å²) in [6.07, 6.45) is 0.500. The van der Waals surface area contributed by atoms with Gasteiger partial charge in [0.25, 0.3) is 0 Å². The highest BCUT2D eigenvalue weighted by Gasteiger charge is 1.91. The summed E-state index contributed by atoms with van der Waals surface area (Å²) in [7, 11) is 0. The molecule has 2 aromatic carbocycles. The number of hydrogen-bond acceptors (Lipinski definition) is 6. The SMILES string of the molecule is Cc1cc(N)cc(Br)c1.Cc1cc(O)cc(Br)c1.O=C=O.O=C=O. The number of nitrogens with two attached hydrogens (primary N) is 1. The molecule has 0 aliphatic heterocycles. The number of carbonyl (C=O) groups excluding carboxylic acids is 4. The van der Waals surface area contributed by atoms with Crippen molar-refractivity contribution in [3.8, 4) is 5.75 Å². The lowest BCUT2D eigenvalue weighted by Crippen LogP contribution is -1.84. The number of phenolic OH excluding ortho intramolecular Hbond substituents is 1. The Morgan fingerprint density at radius 1 is 0.792 bits per heavy atom. The second-order valence-electron chi connectivity index (χ2n) is 4.22. The Labute approximate surface area is 155 Å². The molecule has 6 nitrogen and oxygen atoms in total. The van der Waals surface area contributed by atoms with E-state index in [0.29, 0.717) is 5.75 Å². The van der Waals surface area contributed by atoms with Gasteiger partial charge in [-0.05, 0) is 61.4 Å². The predicted molar refractivity (Wildman–Crippen MR) is 93.8 cm³/mol. The number of phenols is 1. The van der Waals surface area contributed by atoms with Crippen LogP contribution < -0.4 is 5.73 Å². The Balaban J connectivity index is 0. The molecule has 24 heavy (non-hydrogen) atoms. The molecule has 0 saturated carbocycles. The van der Waals surface area contributed by atoms with Crippen molar-refractivity contribution >= 4 is 49.9 Å². The quantitative estimate of drug-likeness (QED) is 0.580. The Hall–Kier alpha value is -2.24. The molecule has 0 unspecified atom stereocenters. The van der Waals surface area contributed by atoms with E-state index in [0.717, 1.165) is 20.2 Å². The smallest absolute Gasteiger partial charge is 0.373 e. The first-order valence-corrected chi connectivity index (χ1v) is 7.76. The van der Waals surface area contributed by atoms with Crippen LogP contribution in [-0.4, -0.2) is 17.4 Å². The fourth-order valence-electron chi connectivity index (χ4n) is 1.48. The molecule has 0 aliphatic carbocycles. The van der Waals surface area contributed by atoms with Crippen LogP contribution in [0, 0.1) is 13.8 Å². The van der Waals surface area contributed by atoms with E-state index < -0.39 is 0 Å². The van der Waals surface area contributed by atoms with Gasteiger partial charge in [0.05, 0.1) is 0 Å². The summed E-state index contributed by atoms with van der Waals surface area (Å²) in [5, 5.41) is 8.96. The molecule has 0 heterocycles. The number of benzene rings is 2. The van der Waals surface area contributed by atoms with Gasteiger partial charge < -0.3 is 10.8 Å². The Bertz CT molecular complexity index is 545. The van der Waals surface area contributed by atoms with Crippen LogP contribution in [-0.2, 0) is 19.2 Å². The summed E-state index contributed by atoms with van der Waals surface area (Å²) in [5.41, 5.74) is 8.58. The van der Waals surface area contributed by atoms with Crippen molar-refractivity contribution < 1.29 is 24.3 Å². The highest BCUT2D eigenvalue weighted by atomic mass is 79.9. The van der Waals surface area contributed by atoms with E-state index >= 15 is 0 Å². The number of nitrogen functional groups attached to an aromatic ring is 1. The fraction of sp³-hybridized carbons (Fsp3) is 0.125. The number of rotatable bonds is 0. The number of halogens is 2. The highest BCUT2D eigenvalue weighted by molar-refractivity contribution is 9.10. The molecule has 0 aromatic heterocycles. The minimum Gasteiger partial charge on any atom is -0.508 e. The third-order valence-corrected chi connectivity index (χ3v) is 3.01. The maximum Gasteiger partial charge on any atom is 0.373 e. The number of hydrogen-bond donors (Lipinski definition) is 2. The molecule has 0 spiro atoms. The lowest BCUT2D eigenvalue weighted by molar-refractivity contribution is -0.193. The summed E-state index contributed by atoms with van der Waals surface area (Å²) < 4.78 is 1.96. The minimum absolute atomic E-state index is 0.250. The summed E-state index contributed by atoms with van der Waals surface area (Å²) in [6, 6.07) is 11.2. The molecule has 0 atom stereocenters. The molecule has 0 fully saturated rings. The number of anilines is 1. The minimum atomic E-state index is 0.250. The zero-order chi connectivity index (χ0) is 19.1. The first-order valence-electron chi connectivity index (χ1n) is 6.17. The standard InChI is InChI=1S/C7H8BrN.C7H7BrO.2CO2/c2*1-5-2-6(8)4-7(9)3-5;2*2-1-3/h2-4H,9H2,1H3;2-4,9H,1H3;;. The lowest BCUT2D eigenvalue weighted by Gasteiger charge is -1.95. The number of aromatic hydroxyl groups is 1. The fourth-order valence-corrected chi connectivity index (χ4v) is 2.70. The van der Waals surface area contributed by atoms with Crippen LogP contribution in [0.2, 0.25) is 0 Å². The van der Waals surface area contributed by atoms with Gasteiger partial charge in [-0.15, -0.1) is 0 Å². The Morgan fingerprint density at radius 3 is 1.46 bits per heavy atom. The third-order valence-electron chi connectivity index (χ3n) is 2.09. The van der Waals surface area contributed by atoms with Crippen molar-refractivity contribution in [2.24, 2.45) is 0 Å². The summed E-state index contributed by atoms with van der Waals surface area (Å²) >= 11 is 6.59. The van der Waals surface area contributed by atoms with E-state index in [-0.39, 0.29) is 12.3 Å². The molecule has 2 aromatic rings. The van der Waals surface area contributed by atoms with Crippen LogP contribution in [0.25, 0.3) is 0 Å². The van der Waals surface area contributed by atoms with E-state index in [4.69, 9.17) is 30.0 Å². The van der Waals surface area contributed by atoms with E-state index in [1.54, 1.807) is 12.1 Å². The zero-order valence-corrected chi connectivity index (χ0v) is 16.0. The Kier molecular flexibility index (Phi) is 14.4. The molecule has 0 aliphatic rings. The molecular weight excluding hydrogens is 446 g/mol. The van der Waals surface area contributed by atoms with Gasteiger partial charge in [0.2, 0.25) is 0 Å². The van der Waals surface area contributed by atoms with Crippen molar-refractivity contribution in [1.82, 2.24) is 0 Å². The van der Waals surface area contributed by atoms with Crippen LogP contribution in [0.4, 0.5) is 5.69 Å². The van der Waals surface area contributed by atoms with Crippen LogP contribution >= 0.6 is 31.9 Å². The van der Waals surface area contributed by atoms with Gasteiger partial charge in [0.15, 0.2) is 0 Å². The summed E-state index contributed by atoms with van der Waals surface area (Å²) in [6.45, 7) is 3.95. The van der Waals surface area contributed by atoms with Crippen molar-refractivity contribution in [2.75, 3.05) is 5.73 Å². The monoisotopic (exact) mass is 459 g/mol. The van der Waals surface area contributed by atoms with Gasteiger partial charge in [0.1, 0.15) is 5.75 Å². The maximum atomic E-state index is 8.96. The second kappa shape index (κ2) is 14.4. The van der Waals surface area contributed by atoms with E-state index in [2.05, 4.69) is 31.9 Å². The number of aryl methyl sites for hydroxylation is 2. The van der Waals surface area contributed by atoms with Gasteiger partial charge in [-0.3, -0.25) is 0 Å². The van der Waals surface area contributed by atoms with E-state index in [9.17, 15) is 0 Å². The molecule has 8 heteroatoms. The normalized spacial score (nSPS) is 7.83. The van der Waals surface area contributed by atoms with Crippen LogP contribution in [0.5, 0.6) is 5.75 Å². The zero-order valence-electron chi connectivity index (χ0n) is 12.9. The first kappa shape index (κ1) is 24.0. The second-order valence-corrected chi connectivity index (χ2v) is 6.05. The van der Waals surface area contributed by atoms with Gasteiger partial charge >= 0.3 is 12.3 Å². The van der Waals surface area contributed by atoms with Gasteiger partial charge in [0, 0.05) is 14.6 Å². The molecule has 3 N–H and O–H groups in total. The molecule has 0 amide bonds. The Morgan fingerprint density at radius 2 is 1.17 bits per heavy atom. The van der Waals surface area contributed by atoms with Crippen molar-refractivity contribution in [3.05, 3.63) is 56.5 Å². The van der Waals surface area contributed by atoms with Crippen molar-refractivity contribution in [3.63, 3.8) is 0 Å². The van der Waals surface area contributed by atoms with Crippen molar-refractivity contribution in [1.29, 1.82) is 0 Å². The molecule has 2 rings (SSSR count). The van der Waals surface area contributed by atoms with Gasteiger partial charge in [-0.25, -0.2) is 0 Å². The molecule has 0 bridgehead atoms. The molecular formula is C16H15Br2NO5. The average molecular weight is 461 g/mol. The predicted octanol–water partition coefficient (Wildman–Crippen LogP) is 3.64. The topological polar surface area (TPSA) is 115 Å². The molecule has 128 valence electrons. The van der Waals surface area contributed by atoms with Crippen molar-refractivity contribution in [2.45, 2.75) is 13.8 Å². The average Bonchev–Trinajstić information content (AvgIpc) is 2.37. The lowest BCUT2D eigenvalue weighted by atomic mass is 10.2. The van der Waals surface area contributed by atoms with Gasteiger partial charge in [-0.2, -0.15) is 19.2 Å². The largest absolute Gasteiger partial charge is 0.508 e. The maximum absolute atomic E-state index is 8.96. The van der Waals surface area contributed by atoms with E-state index in [1.165, 1.54) is 5.56 Å². The molecule has 0 saturated heterocycles. The highest BCUT2D eigenvalue weighted by Crippen LogP contribution is 2.19. The van der Waals surface area contributed by atoms with Crippen LogP contribution in [0.3, 0.4) is 0 Å². The summed E-state index contributed by atoms with van der Waals surface area (Å²) in [4.78, 5) is 32.5. The van der Waals surface area contributed by atoms with Crippen LogP contribution in [0.15, 0.2) is 45.3 Å². The first-order chi connectivity index (χ1) is 11.2. The third kappa shape index (κ3) is 14.7. The van der Waals surface area contributed by atoms with Crippen LogP contribution in [0.1, 0.15) is 11.1 Å².